The predicted octanol–water partition coefficient (Wildman–Crippen LogP) is 2.70. The van der Waals surface area contributed by atoms with Crippen molar-refractivity contribution in [3.8, 4) is 11.3 Å². The zero-order chi connectivity index (χ0) is 16.8. The van der Waals surface area contributed by atoms with Gasteiger partial charge in [0.1, 0.15) is 0 Å². The van der Waals surface area contributed by atoms with Crippen molar-refractivity contribution in [1.82, 2.24) is 15.6 Å². The van der Waals surface area contributed by atoms with Crippen LogP contribution < -0.4 is 10.6 Å². The van der Waals surface area contributed by atoms with Crippen molar-refractivity contribution < 1.29 is 9.21 Å². The molecule has 1 unspecified atom stereocenters. The smallest absolute Gasteiger partial charge is 0.220 e. The Hall–Kier alpha value is -2.14. The molecule has 0 saturated carbocycles. The van der Waals surface area contributed by atoms with Gasteiger partial charge in [0.15, 0.2) is 11.7 Å². The number of aryl methyl sites for hydroxylation is 2. The number of hydrogen-bond acceptors (Lipinski definition) is 4. The van der Waals surface area contributed by atoms with Crippen LogP contribution in [0.15, 0.2) is 34.9 Å². The van der Waals surface area contributed by atoms with Gasteiger partial charge in [-0.3, -0.25) is 4.79 Å². The van der Waals surface area contributed by atoms with E-state index >= 15 is 0 Å². The van der Waals surface area contributed by atoms with E-state index in [4.69, 9.17) is 4.42 Å². The molecular formula is C19H25N3O2. The Morgan fingerprint density at radius 1 is 1.38 bits per heavy atom. The van der Waals surface area contributed by atoms with Crippen LogP contribution in [0.2, 0.25) is 0 Å². The summed E-state index contributed by atoms with van der Waals surface area (Å²) >= 11 is 0. The maximum Gasteiger partial charge on any atom is 0.220 e. The van der Waals surface area contributed by atoms with Crippen LogP contribution in [0.5, 0.6) is 0 Å². The Kier molecular flexibility index (Phi) is 5.64. The van der Waals surface area contributed by atoms with Gasteiger partial charge < -0.3 is 15.1 Å². The van der Waals surface area contributed by atoms with Gasteiger partial charge in [-0.05, 0) is 38.8 Å². The fourth-order valence-corrected chi connectivity index (χ4v) is 2.94. The summed E-state index contributed by atoms with van der Waals surface area (Å²) in [5, 5.41) is 6.38. The van der Waals surface area contributed by atoms with Crippen LogP contribution in [0, 0.1) is 12.8 Å². The molecule has 1 fully saturated rings. The summed E-state index contributed by atoms with van der Waals surface area (Å²) < 4.78 is 5.75. The Morgan fingerprint density at radius 3 is 2.96 bits per heavy atom. The summed E-state index contributed by atoms with van der Waals surface area (Å²) in [4.78, 5) is 16.3. The van der Waals surface area contributed by atoms with Crippen LogP contribution in [0.4, 0.5) is 0 Å². The second kappa shape index (κ2) is 8.11. The van der Waals surface area contributed by atoms with Crippen molar-refractivity contribution in [2.45, 2.75) is 32.6 Å². The molecule has 2 heterocycles. The van der Waals surface area contributed by atoms with Crippen LogP contribution >= 0.6 is 0 Å². The summed E-state index contributed by atoms with van der Waals surface area (Å²) in [7, 11) is 0. The predicted molar refractivity (Wildman–Crippen MR) is 93.6 cm³/mol. The van der Waals surface area contributed by atoms with Gasteiger partial charge in [-0.1, -0.05) is 29.8 Å². The average Bonchev–Trinajstić information content (AvgIpc) is 3.09. The molecule has 128 valence electrons. The Balaban J connectivity index is 1.44. The second-order valence-electron chi connectivity index (χ2n) is 6.50. The summed E-state index contributed by atoms with van der Waals surface area (Å²) in [6, 6.07) is 8.13. The fraction of sp³-hybridized carbons (Fsp3) is 0.474. The van der Waals surface area contributed by atoms with Gasteiger partial charge in [-0.15, -0.1) is 0 Å². The number of piperidine rings is 1. The van der Waals surface area contributed by atoms with Crippen LogP contribution in [-0.4, -0.2) is 30.5 Å². The van der Waals surface area contributed by atoms with Gasteiger partial charge in [0.25, 0.3) is 0 Å². The number of benzene rings is 1. The van der Waals surface area contributed by atoms with Crippen LogP contribution in [0.25, 0.3) is 11.3 Å². The minimum absolute atomic E-state index is 0.0654. The first-order chi connectivity index (χ1) is 11.7. The van der Waals surface area contributed by atoms with Gasteiger partial charge in [-0.25, -0.2) is 4.98 Å². The van der Waals surface area contributed by atoms with E-state index in [0.29, 0.717) is 24.7 Å². The summed E-state index contributed by atoms with van der Waals surface area (Å²) in [5.74, 6) is 1.98. The highest BCUT2D eigenvalue weighted by atomic mass is 16.4. The van der Waals surface area contributed by atoms with E-state index in [1.807, 2.05) is 24.3 Å². The second-order valence-corrected chi connectivity index (χ2v) is 6.50. The number of nitrogens with zero attached hydrogens (tertiary/aromatic N) is 1. The molecule has 1 amide bonds. The Labute approximate surface area is 142 Å². The summed E-state index contributed by atoms with van der Waals surface area (Å²) in [6.45, 7) is 4.90. The number of amides is 1. The maximum atomic E-state index is 12.0. The Morgan fingerprint density at radius 2 is 2.21 bits per heavy atom. The molecule has 24 heavy (non-hydrogen) atoms. The molecule has 1 aliphatic rings. The van der Waals surface area contributed by atoms with E-state index in [9.17, 15) is 4.79 Å². The van der Waals surface area contributed by atoms with Crippen LogP contribution in [0.1, 0.15) is 30.7 Å². The van der Waals surface area contributed by atoms with Gasteiger partial charge >= 0.3 is 0 Å². The molecule has 2 aromatic rings. The largest absolute Gasteiger partial charge is 0.441 e. The minimum atomic E-state index is 0.0654. The molecule has 1 saturated heterocycles. The molecule has 3 rings (SSSR count). The molecule has 1 aromatic heterocycles. The number of carbonyl (C=O) groups is 1. The molecule has 0 aliphatic carbocycles. The molecule has 0 spiro atoms. The molecule has 0 bridgehead atoms. The lowest BCUT2D eigenvalue weighted by atomic mass is 10.00. The van der Waals surface area contributed by atoms with E-state index in [0.717, 1.165) is 31.0 Å². The van der Waals surface area contributed by atoms with Crippen molar-refractivity contribution in [3.05, 3.63) is 41.9 Å². The van der Waals surface area contributed by atoms with Gasteiger partial charge in [0, 0.05) is 24.9 Å². The lowest BCUT2D eigenvalue weighted by Crippen LogP contribution is -2.38. The standard InChI is InChI=1S/C19H25N3O2/c1-14-4-6-16(7-5-14)17-13-22-19(24-17)9-8-18(23)21-12-15-3-2-10-20-11-15/h4-7,13,15,20H,2-3,8-12H2,1H3,(H,21,23). The van der Waals surface area contributed by atoms with Crippen LogP contribution in [0.3, 0.4) is 0 Å². The van der Waals surface area contributed by atoms with Gasteiger partial charge in [0.05, 0.1) is 6.20 Å². The molecule has 2 N–H and O–H groups in total. The number of rotatable bonds is 6. The van der Waals surface area contributed by atoms with Crippen molar-refractivity contribution in [2.75, 3.05) is 19.6 Å². The number of oxazole rings is 1. The minimum Gasteiger partial charge on any atom is -0.441 e. The van der Waals surface area contributed by atoms with Crippen LogP contribution in [-0.2, 0) is 11.2 Å². The highest BCUT2D eigenvalue weighted by Crippen LogP contribution is 2.21. The first-order valence-electron chi connectivity index (χ1n) is 8.70. The number of nitrogens with one attached hydrogen (secondary N) is 2. The highest BCUT2D eigenvalue weighted by Gasteiger charge is 2.14. The molecule has 1 aliphatic heterocycles. The van der Waals surface area contributed by atoms with Crippen molar-refractivity contribution in [2.24, 2.45) is 5.92 Å². The third kappa shape index (κ3) is 4.68. The molecule has 5 heteroatoms. The van der Waals surface area contributed by atoms with Crippen molar-refractivity contribution >= 4 is 5.91 Å². The monoisotopic (exact) mass is 327 g/mol. The Bertz CT molecular complexity index is 658. The molecule has 0 radical (unpaired) electrons. The zero-order valence-corrected chi connectivity index (χ0v) is 14.2. The van der Waals surface area contributed by atoms with Gasteiger partial charge in [-0.2, -0.15) is 0 Å². The van der Waals surface area contributed by atoms with E-state index in [1.54, 1.807) is 6.20 Å². The lowest BCUT2D eigenvalue weighted by Gasteiger charge is -2.22. The molecule has 5 nitrogen and oxygen atoms in total. The van der Waals surface area contributed by atoms with Gasteiger partial charge in [0.2, 0.25) is 5.91 Å². The van der Waals surface area contributed by atoms with E-state index in [1.165, 1.54) is 18.4 Å². The first-order valence-corrected chi connectivity index (χ1v) is 8.70. The number of hydrogen-bond donors (Lipinski definition) is 2. The van der Waals surface area contributed by atoms with E-state index in [2.05, 4.69) is 22.5 Å². The highest BCUT2D eigenvalue weighted by molar-refractivity contribution is 5.76. The quantitative estimate of drug-likeness (QED) is 0.856. The summed E-state index contributed by atoms with van der Waals surface area (Å²) in [6.07, 6.45) is 5.05. The fourth-order valence-electron chi connectivity index (χ4n) is 2.94. The average molecular weight is 327 g/mol. The molecular weight excluding hydrogens is 302 g/mol. The molecule has 1 aromatic carbocycles. The van der Waals surface area contributed by atoms with Crippen molar-refractivity contribution in [1.29, 1.82) is 0 Å². The topological polar surface area (TPSA) is 67.2 Å². The van der Waals surface area contributed by atoms with Crippen molar-refractivity contribution in [3.63, 3.8) is 0 Å². The molecule has 1 atom stereocenters. The third-order valence-electron chi connectivity index (χ3n) is 4.44. The summed E-state index contributed by atoms with van der Waals surface area (Å²) in [5.41, 5.74) is 2.22. The number of aromatic nitrogens is 1. The normalized spacial score (nSPS) is 17.6. The third-order valence-corrected chi connectivity index (χ3v) is 4.44. The first kappa shape index (κ1) is 16.7. The van der Waals surface area contributed by atoms with E-state index in [-0.39, 0.29) is 5.91 Å². The van der Waals surface area contributed by atoms with E-state index < -0.39 is 0 Å². The SMILES string of the molecule is Cc1ccc(-c2cnc(CCC(=O)NCC3CCCNC3)o2)cc1. The lowest BCUT2D eigenvalue weighted by molar-refractivity contribution is -0.121. The maximum absolute atomic E-state index is 12.0. The number of carbonyl (C=O) groups excluding carboxylic acids is 1. The zero-order valence-electron chi connectivity index (χ0n) is 14.2.